The van der Waals surface area contributed by atoms with Crippen LogP contribution in [0, 0.1) is 0 Å². The second-order valence-corrected chi connectivity index (χ2v) is 3.31. The fourth-order valence-corrected chi connectivity index (χ4v) is 1.46. The first-order valence-corrected chi connectivity index (χ1v) is 4.52. The smallest absolute Gasteiger partial charge is 0.164 e. The van der Waals surface area contributed by atoms with Gasteiger partial charge in [-0.1, -0.05) is 23.7 Å². The van der Waals surface area contributed by atoms with E-state index in [1.165, 1.54) is 0 Å². The van der Waals surface area contributed by atoms with Gasteiger partial charge in [-0.05, 0) is 12.1 Å². The summed E-state index contributed by atoms with van der Waals surface area (Å²) < 4.78 is 0. The van der Waals surface area contributed by atoms with E-state index in [0.717, 1.165) is 0 Å². The molecular weight excluding hydrogens is 200 g/mol. The lowest BCUT2D eigenvalue weighted by atomic mass is 10.3. The molecule has 0 fully saturated rings. The number of halogens is 1. The number of carbonyl (C=O) groups excluding carboxylic acids is 1. The highest BCUT2D eigenvalue weighted by molar-refractivity contribution is 6.68. The highest BCUT2D eigenvalue weighted by Gasteiger charge is 2.10. The molecule has 1 aliphatic rings. The molecule has 0 N–H and O–H groups in total. The van der Waals surface area contributed by atoms with Crippen molar-refractivity contribution in [2.75, 3.05) is 0 Å². The van der Waals surface area contributed by atoms with Crippen molar-refractivity contribution in [2.24, 2.45) is 9.98 Å². The lowest BCUT2D eigenvalue weighted by molar-refractivity contribution is -0.102. The Labute approximate surface area is 86.1 Å². The number of aliphatic imine (C=N–C) groups is 2. The number of fused-ring (bicyclic) bond motifs is 1. The zero-order valence-corrected chi connectivity index (χ0v) is 8.03. The highest BCUT2D eigenvalue weighted by atomic mass is 35.5. The summed E-state index contributed by atoms with van der Waals surface area (Å²) in [5.41, 5.74) is 1.79. The van der Waals surface area contributed by atoms with E-state index in [-0.39, 0.29) is 0 Å². The first-order chi connectivity index (χ1) is 6.79. The van der Waals surface area contributed by atoms with Gasteiger partial charge in [-0.25, -0.2) is 9.98 Å². The van der Waals surface area contributed by atoms with E-state index in [2.05, 4.69) is 9.98 Å². The topological polar surface area (TPSA) is 41.8 Å². The molecule has 2 rings (SSSR count). The Balaban J connectivity index is 2.59. The molecule has 0 aliphatic carbocycles. The van der Waals surface area contributed by atoms with Crippen LogP contribution >= 0.6 is 11.6 Å². The van der Waals surface area contributed by atoms with Crippen molar-refractivity contribution in [1.82, 2.24) is 0 Å². The largest absolute Gasteiger partial charge is 0.297 e. The van der Waals surface area contributed by atoms with E-state index in [9.17, 15) is 4.79 Å². The third kappa shape index (κ3) is 1.72. The Kier molecular flexibility index (Phi) is 2.41. The molecule has 1 aromatic carbocycles. The Hall–Kier alpha value is -1.48. The van der Waals surface area contributed by atoms with Gasteiger partial charge >= 0.3 is 0 Å². The third-order valence-corrected chi connectivity index (χ3v) is 2.07. The van der Waals surface area contributed by atoms with Crippen molar-refractivity contribution in [3.63, 3.8) is 0 Å². The molecule has 70 valence electrons. The summed E-state index contributed by atoms with van der Waals surface area (Å²) >= 11 is 5.83. The quantitative estimate of drug-likeness (QED) is 0.652. The molecule has 0 amide bonds. The van der Waals surface area contributed by atoms with Crippen molar-refractivity contribution < 1.29 is 4.79 Å². The van der Waals surface area contributed by atoms with E-state index in [4.69, 9.17) is 11.6 Å². The van der Waals surface area contributed by atoms with Gasteiger partial charge in [-0.3, -0.25) is 4.79 Å². The van der Waals surface area contributed by atoms with Gasteiger partial charge in [-0.15, -0.1) is 0 Å². The second-order valence-electron chi connectivity index (χ2n) is 2.87. The SMILES string of the molecule is O=CC1=Nc2ccccc2N=C(Cl)C1. The zero-order valence-electron chi connectivity index (χ0n) is 7.27. The van der Waals surface area contributed by atoms with E-state index >= 15 is 0 Å². The van der Waals surface area contributed by atoms with E-state index in [0.29, 0.717) is 35.0 Å². The lowest BCUT2D eigenvalue weighted by Crippen LogP contribution is -2.02. The van der Waals surface area contributed by atoms with Crippen molar-refractivity contribution in [3.05, 3.63) is 24.3 Å². The Bertz CT molecular complexity index is 438. The maximum absolute atomic E-state index is 10.6. The fourth-order valence-electron chi connectivity index (χ4n) is 1.24. The summed E-state index contributed by atoms with van der Waals surface area (Å²) in [4.78, 5) is 18.9. The van der Waals surface area contributed by atoms with Gasteiger partial charge in [0.15, 0.2) is 6.29 Å². The number of aldehydes is 1. The van der Waals surface area contributed by atoms with Crippen LogP contribution in [-0.4, -0.2) is 17.2 Å². The average molecular weight is 207 g/mol. The number of hydrogen-bond acceptors (Lipinski definition) is 3. The van der Waals surface area contributed by atoms with Gasteiger partial charge in [-0.2, -0.15) is 0 Å². The second kappa shape index (κ2) is 3.72. The van der Waals surface area contributed by atoms with Crippen LogP contribution in [0.2, 0.25) is 0 Å². The minimum atomic E-state index is 0.305. The number of para-hydroxylation sites is 2. The summed E-state index contributed by atoms with van der Waals surface area (Å²) in [7, 11) is 0. The summed E-state index contributed by atoms with van der Waals surface area (Å²) in [6.07, 6.45) is 1.01. The molecule has 1 heterocycles. The van der Waals surface area contributed by atoms with Crippen LogP contribution < -0.4 is 0 Å². The van der Waals surface area contributed by atoms with Crippen LogP contribution in [0.25, 0.3) is 0 Å². The van der Waals surface area contributed by atoms with E-state index in [1.54, 1.807) is 6.07 Å². The van der Waals surface area contributed by atoms with E-state index in [1.807, 2.05) is 18.2 Å². The maximum atomic E-state index is 10.6. The molecule has 0 unspecified atom stereocenters. The van der Waals surface area contributed by atoms with Crippen LogP contribution in [-0.2, 0) is 4.79 Å². The van der Waals surface area contributed by atoms with Crippen LogP contribution in [0.5, 0.6) is 0 Å². The predicted octanol–water partition coefficient (Wildman–Crippen LogP) is 2.63. The summed E-state index contributed by atoms with van der Waals surface area (Å²) in [5, 5.41) is 0.390. The molecule has 0 saturated heterocycles. The molecule has 3 nitrogen and oxygen atoms in total. The van der Waals surface area contributed by atoms with Gasteiger partial charge in [0.05, 0.1) is 17.1 Å². The van der Waals surface area contributed by atoms with E-state index < -0.39 is 0 Å². The number of benzene rings is 1. The molecular formula is C10H7ClN2O. The number of rotatable bonds is 1. The van der Waals surface area contributed by atoms with Crippen molar-refractivity contribution in [2.45, 2.75) is 6.42 Å². The number of hydrogen-bond donors (Lipinski definition) is 0. The summed E-state index contributed by atoms with van der Waals surface area (Å²) in [6.45, 7) is 0. The molecule has 1 aromatic rings. The predicted molar refractivity (Wildman–Crippen MR) is 57.2 cm³/mol. The first kappa shape index (κ1) is 9.09. The van der Waals surface area contributed by atoms with Crippen LogP contribution in [0.3, 0.4) is 0 Å². The minimum absolute atomic E-state index is 0.305. The Morgan fingerprint density at radius 2 is 1.86 bits per heavy atom. The molecule has 0 saturated carbocycles. The number of nitrogens with zero attached hydrogens (tertiary/aromatic N) is 2. The van der Waals surface area contributed by atoms with Gasteiger partial charge in [0.1, 0.15) is 5.17 Å². The normalized spacial score (nSPS) is 14.9. The Morgan fingerprint density at radius 3 is 2.50 bits per heavy atom. The van der Waals surface area contributed by atoms with Crippen molar-refractivity contribution in [1.29, 1.82) is 0 Å². The first-order valence-electron chi connectivity index (χ1n) is 4.14. The highest BCUT2D eigenvalue weighted by Crippen LogP contribution is 2.30. The lowest BCUT2D eigenvalue weighted by Gasteiger charge is -1.96. The molecule has 14 heavy (non-hydrogen) atoms. The molecule has 0 aromatic heterocycles. The Morgan fingerprint density at radius 1 is 1.21 bits per heavy atom. The molecule has 0 spiro atoms. The third-order valence-electron chi connectivity index (χ3n) is 1.85. The van der Waals surface area contributed by atoms with Crippen molar-refractivity contribution >= 4 is 40.1 Å². The minimum Gasteiger partial charge on any atom is -0.297 e. The number of carbonyl (C=O) groups is 1. The van der Waals surface area contributed by atoms with Crippen molar-refractivity contribution in [3.8, 4) is 0 Å². The molecule has 0 radical (unpaired) electrons. The monoisotopic (exact) mass is 206 g/mol. The summed E-state index contributed by atoms with van der Waals surface area (Å²) in [5.74, 6) is 0. The standard InChI is InChI=1S/C10H7ClN2O/c11-10-5-7(6-14)12-8-3-1-2-4-9(8)13-10/h1-4,6H,5H2. The van der Waals surface area contributed by atoms with Gasteiger partial charge in [0, 0.05) is 6.42 Å². The molecule has 0 atom stereocenters. The maximum Gasteiger partial charge on any atom is 0.164 e. The fraction of sp³-hybridized carbons (Fsp3) is 0.100. The van der Waals surface area contributed by atoms with Gasteiger partial charge < -0.3 is 0 Å². The molecule has 0 bridgehead atoms. The zero-order chi connectivity index (χ0) is 9.97. The van der Waals surface area contributed by atoms with Gasteiger partial charge in [0.25, 0.3) is 0 Å². The molecule has 1 aliphatic heterocycles. The average Bonchev–Trinajstić information content (AvgIpc) is 2.35. The molecule has 4 heteroatoms. The summed E-state index contributed by atoms with van der Waals surface area (Å²) in [6, 6.07) is 7.32. The van der Waals surface area contributed by atoms with Crippen LogP contribution in [0.4, 0.5) is 11.4 Å². The van der Waals surface area contributed by atoms with Crippen LogP contribution in [0.1, 0.15) is 6.42 Å². The van der Waals surface area contributed by atoms with Crippen LogP contribution in [0.15, 0.2) is 34.3 Å². The van der Waals surface area contributed by atoms with Gasteiger partial charge in [0.2, 0.25) is 0 Å².